The van der Waals surface area contributed by atoms with E-state index in [0.717, 1.165) is 0 Å². The van der Waals surface area contributed by atoms with Crippen LogP contribution in [0.15, 0.2) is 12.4 Å². The van der Waals surface area contributed by atoms with Crippen molar-refractivity contribution in [2.24, 2.45) is 0 Å². The van der Waals surface area contributed by atoms with Crippen LogP contribution in [0.1, 0.15) is 181 Å². The number of hydrogen-bond donors (Lipinski definition) is 0. The lowest BCUT2D eigenvalue weighted by molar-refractivity contribution is 0.135. The molecule has 0 fully saturated rings. The molecule has 2 nitrogen and oxygen atoms in total. The van der Waals surface area contributed by atoms with E-state index in [1.165, 1.54) is 174 Å². The molecule has 1 atom stereocenters. The van der Waals surface area contributed by atoms with Crippen LogP contribution in [0.3, 0.4) is 0 Å². The van der Waals surface area contributed by atoms with Gasteiger partial charge in [0.15, 0.2) is 0 Å². The summed E-state index contributed by atoms with van der Waals surface area (Å²) in [5.41, 5.74) is 0. The van der Waals surface area contributed by atoms with Gasteiger partial charge in [-0.15, -0.1) is 0 Å². The SMILES string of the molecule is CCCCCCCCCCCCCN1C=CN(CCCCC)C1CCCCCCCCCCCC. The van der Waals surface area contributed by atoms with Crippen LogP contribution in [-0.4, -0.2) is 29.1 Å². The summed E-state index contributed by atoms with van der Waals surface area (Å²) in [4.78, 5) is 5.36. The highest BCUT2D eigenvalue weighted by Crippen LogP contribution is 2.24. The Balaban J connectivity index is 2.15. The van der Waals surface area contributed by atoms with Crippen LogP contribution in [0.4, 0.5) is 0 Å². The zero-order valence-electron chi connectivity index (χ0n) is 24.7. The van der Waals surface area contributed by atoms with Gasteiger partial charge in [-0.05, 0) is 25.7 Å². The summed E-state index contributed by atoms with van der Waals surface area (Å²) in [5, 5.41) is 0. The Hall–Kier alpha value is -0.660. The van der Waals surface area contributed by atoms with Gasteiger partial charge in [0.25, 0.3) is 0 Å². The summed E-state index contributed by atoms with van der Waals surface area (Å²) in [7, 11) is 0. The van der Waals surface area contributed by atoms with Crippen molar-refractivity contribution in [3.8, 4) is 0 Å². The molecule has 1 unspecified atom stereocenters. The van der Waals surface area contributed by atoms with Crippen LogP contribution in [0.2, 0.25) is 0 Å². The van der Waals surface area contributed by atoms with Gasteiger partial charge in [-0.2, -0.15) is 0 Å². The third-order valence-corrected chi connectivity index (χ3v) is 8.07. The summed E-state index contributed by atoms with van der Waals surface area (Å²) >= 11 is 0. The fourth-order valence-corrected chi connectivity index (χ4v) is 5.66. The van der Waals surface area contributed by atoms with Crippen LogP contribution in [0.5, 0.6) is 0 Å². The highest BCUT2D eigenvalue weighted by atomic mass is 15.4. The molecule has 0 aromatic carbocycles. The van der Waals surface area contributed by atoms with E-state index in [0.29, 0.717) is 6.17 Å². The zero-order valence-corrected chi connectivity index (χ0v) is 24.7. The predicted molar refractivity (Wildman–Crippen MR) is 159 cm³/mol. The lowest BCUT2D eigenvalue weighted by Gasteiger charge is -2.33. The molecule has 0 amide bonds. The first-order valence-corrected chi connectivity index (χ1v) is 16.5. The first-order valence-electron chi connectivity index (χ1n) is 16.5. The first kappa shape index (κ1) is 32.4. The molecular weight excluding hydrogens is 424 g/mol. The van der Waals surface area contributed by atoms with Gasteiger partial charge in [0.2, 0.25) is 0 Å². The largest absolute Gasteiger partial charge is 0.356 e. The normalized spacial score (nSPS) is 15.6. The van der Waals surface area contributed by atoms with Gasteiger partial charge in [0.05, 0.1) is 0 Å². The molecule has 208 valence electrons. The van der Waals surface area contributed by atoms with E-state index in [1.807, 2.05) is 0 Å². The van der Waals surface area contributed by atoms with Gasteiger partial charge >= 0.3 is 0 Å². The fraction of sp³-hybridized carbons (Fsp3) is 0.939. The Bertz CT molecular complexity index is 446. The van der Waals surface area contributed by atoms with E-state index >= 15 is 0 Å². The summed E-state index contributed by atoms with van der Waals surface area (Å²) in [6, 6.07) is 0. The molecule has 1 aliphatic rings. The van der Waals surface area contributed by atoms with Crippen LogP contribution >= 0.6 is 0 Å². The number of rotatable bonds is 27. The summed E-state index contributed by atoms with van der Waals surface area (Å²) < 4.78 is 0. The topological polar surface area (TPSA) is 6.48 Å². The number of hydrogen-bond acceptors (Lipinski definition) is 2. The van der Waals surface area contributed by atoms with E-state index in [2.05, 4.69) is 43.0 Å². The molecule has 1 aliphatic heterocycles. The van der Waals surface area contributed by atoms with Gasteiger partial charge in [0, 0.05) is 25.5 Å². The van der Waals surface area contributed by atoms with E-state index in [1.54, 1.807) is 0 Å². The molecule has 0 N–H and O–H groups in total. The lowest BCUT2D eigenvalue weighted by atomic mass is 10.0. The molecule has 0 bridgehead atoms. The molecule has 35 heavy (non-hydrogen) atoms. The quantitative estimate of drug-likeness (QED) is 0.106. The second kappa shape index (κ2) is 25.0. The third kappa shape index (κ3) is 18.3. The molecule has 0 spiro atoms. The predicted octanol–water partition coefficient (Wildman–Crippen LogP) is 11.2. The van der Waals surface area contributed by atoms with Gasteiger partial charge in [-0.1, -0.05) is 156 Å². The van der Waals surface area contributed by atoms with Crippen molar-refractivity contribution in [3.63, 3.8) is 0 Å². The van der Waals surface area contributed by atoms with Gasteiger partial charge < -0.3 is 9.80 Å². The van der Waals surface area contributed by atoms with Crippen molar-refractivity contribution in [1.29, 1.82) is 0 Å². The van der Waals surface area contributed by atoms with Gasteiger partial charge in [-0.3, -0.25) is 0 Å². The number of unbranched alkanes of at least 4 members (excludes halogenated alkanes) is 21. The van der Waals surface area contributed by atoms with Crippen LogP contribution in [0.25, 0.3) is 0 Å². The van der Waals surface area contributed by atoms with Crippen LogP contribution in [-0.2, 0) is 0 Å². The van der Waals surface area contributed by atoms with Gasteiger partial charge in [-0.25, -0.2) is 0 Å². The molecule has 0 aromatic rings. The highest BCUT2D eigenvalue weighted by Gasteiger charge is 2.24. The molecule has 0 aliphatic carbocycles. The highest BCUT2D eigenvalue weighted by molar-refractivity contribution is 4.97. The van der Waals surface area contributed by atoms with Crippen LogP contribution in [0, 0.1) is 0 Å². The Morgan fingerprint density at radius 3 is 1.06 bits per heavy atom. The first-order chi connectivity index (χ1) is 17.3. The molecule has 0 aromatic heterocycles. The van der Waals surface area contributed by atoms with Crippen molar-refractivity contribution in [2.45, 2.75) is 187 Å². The zero-order chi connectivity index (χ0) is 25.2. The molecule has 2 heteroatoms. The minimum atomic E-state index is 0.643. The monoisotopic (exact) mass is 491 g/mol. The lowest BCUT2D eigenvalue weighted by Crippen LogP contribution is -2.39. The van der Waals surface area contributed by atoms with E-state index in [4.69, 9.17) is 0 Å². The number of nitrogens with zero attached hydrogens (tertiary/aromatic N) is 2. The second-order valence-electron chi connectivity index (χ2n) is 11.5. The molecular formula is C33H66N2. The molecule has 1 heterocycles. The molecule has 0 saturated heterocycles. The summed E-state index contributed by atoms with van der Waals surface area (Å²) in [6.07, 6.45) is 41.0. The smallest absolute Gasteiger partial charge is 0.101 e. The maximum absolute atomic E-state index is 2.69. The maximum atomic E-state index is 2.69. The minimum absolute atomic E-state index is 0.643. The Labute approximate surface area is 222 Å². The average molecular weight is 491 g/mol. The molecule has 1 rings (SSSR count). The van der Waals surface area contributed by atoms with E-state index < -0.39 is 0 Å². The van der Waals surface area contributed by atoms with Crippen molar-refractivity contribution in [3.05, 3.63) is 12.4 Å². The summed E-state index contributed by atoms with van der Waals surface area (Å²) in [5.74, 6) is 0. The summed E-state index contributed by atoms with van der Waals surface area (Å²) in [6.45, 7) is 9.45. The van der Waals surface area contributed by atoms with Crippen LogP contribution < -0.4 is 0 Å². The molecule has 0 saturated carbocycles. The standard InChI is InChI=1S/C33H66N2/c1-4-7-10-12-14-16-18-20-22-24-27-30-35-32-31-34(29-26-9-6-3)33(35)28-25-23-21-19-17-15-13-11-8-5-2/h31-33H,4-30H2,1-3H3. The van der Waals surface area contributed by atoms with E-state index in [9.17, 15) is 0 Å². The van der Waals surface area contributed by atoms with Crippen molar-refractivity contribution < 1.29 is 0 Å². The third-order valence-electron chi connectivity index (χ3n) is 8.07. The Kier molecular flexibility index (Phi) is 23.1. The Morgan fingerprint density at radius 1 is 0.371 bits per heavy atom. The van der Waals surface area contributed by atoms with Crippen molar-refractivity contribution >= 4 is 0 Å². The second-order valence-corrected chi connectivity index (χ2v) is 11.5. The van der Waals surface area contributed by atoms with Crippen molar-refractivity contribution in [1.82, 2.24) is 9.80 Å². The molecule has 0 radical (unpaired) electrons. The fourth-order valence-electron chi connectivity index (χ4n) is 5.66. The minimum Gasteiger partial charge on any atom is -0.356 e. The average Bonchev–Trinajstić information content (AvgIpc) is 3.25. The van der Waals surface area contributed by atoms with Crippen molar-refractivity contribution in [2.75, 3.05) is 13.1 Å². The Morgan fingerprint density at radius 2 is 0.657 bits per heavy atom. The van der Waals surface area contributed by atoms with E-state index in [-0.39, 0.29) is 0 Å². The maximum Gasteiger partial charge on any atom is 0.101 e. The van der Waals surface area contributed by atoms with Gasteiger partial charge in [0.1, 0.15) is 6.17 Å².